The molecule has 0 spiro atoms. The third-order valence-corrected chi connectivity index (χ3v) is 8.30. The number of imidazole rings is 1. The number of nitrogens with two attached hydrogens (primary N) is 2. The molecule has 2 fully saturated rings. The first-order valence-electron chi connectivity index (χ1n) is 11.7. The van der Waals surface area contributed by atoms with E-state index in [-0.39, 0.29) is 22.8 Å². The molecule has 7 N–H and O–H groups in total. The van der Waals surface area contributed by atoms with E-state index in [4.69, 9.17) is 11.5 Å². The number of amides is 2. The number of aromatic nitrogens is 2. The van der Waals surface area contributed by atoms with E-state index in [1.807, 2.05) is 6.07 Å². The summed E-state index contributed by atoms with van der Waals surface area (Å²) in [6.45, 7) is 0.918. The number of likely N-dealkylation sites (tertiary alicyclic amines) is 1. The van der Waals surface area contributed by atoms with Gasteiger partial charge in [-0.05, 0) is 63.2 Å². The summed E-state index contributed by atoms with van der Waals surface area (Å²) in [5, 5.41) is 14.7. The minimum absolute atomic E-state index is 0.0394. The Morgan fingerprint density at radius 2 is 2.18 bits per heavy atom. The van der Waals surface area contributed by atoms with Crippen molar-refractivity contribution in [3.05, 3.63) is 47.0 Å². The maximum absolute atomic E-state index is 12.2. The van der Waals surface area contributed by atoms with Crippen LogP contribution in [0.2, 0.25) is 0 Å². The van der Waals surface area contributed by atoms with Crippen LogP contribution in [-0.4, -0.2) is 63.5 Å². The molecule has 2 amide bonds. The van der Waals surface area contributed by atoms with Crippen molar-refractivity contribution in [2.24, 2.45) is 17.4 Å². The number of piperidine rings is 1. The van der Waals surface area contributed by atoms with Crippen LogP contribution in [0.4, 0.5) is 0 Å². The van der Waals surface area contributed by atoms with Crippen LogP contribution in [0, 0.1) is 5.92 Å². The summed E-state index contributed by atoms with van der Waals surface area (Å²) in [6, 6.07) is 3.55. The van der Waals surface area contributed by atoms with Crippen molar-refractivity contribution in [1.82, 2.24) is 20.2 Å². The average molecular weight is 453 g/mol. The van der Waals surface area contributed by atoms with Gasteiger partial charge in [0.15, 0.2) is 0 Å². The van der Waals surface area contributed by atoms with Crippen LogP contribution in [0.25, 0.3) is 0 Å². The summed E-state index contributed by atoms with van der Waals surface area (Å²) >= 11 is 0. The van der Waals surface area contributed by atoms with Crippen LogP contribution in [-0.2, 0) is 23.1 Å². The zero-order valence-corrected chi connectivity index (χ0v) is 18.9. The summed E-state index contributed by atoms with van der Waals surface area (Å²) in [4.78, 5) is 33.8. The number of carbonyl (C=O) groups is 2. The van der Waals surface area contributed by atoms with Crippen molar-refractivity contribution in [3.63, 3.8) is 0 Å². The van der Waals surface area contributed by atoms with Crippen molar-refractivity contribution in [3.8, 4) is 5.75 Å². The molecule has 9 nitrogen and oxygen atoms in total. The molecule has 1 aromatic heterocycles. The number of nitrogens with one attached hydrogen (secondary N) is 2. The molecule has 2 aromatic rings. The van der Waals surface area contributed by atoms with Crippen molar-refractivity contribution in [2.75, 3.05) is 13.6 Å². The lowest BCUT2D eigenvalue weighted by Crippen LogP contribution is -2.63. The number of aromatic hydroxyl groups is 1. The van der Waals surface area contributed by atoms with E-state index < -0.39 is 17.9 Å². The van der Waals surface area contributed by atoms with Gasteiger partial charge in [-0.2, -0.15) is 0 Å². The van der Waals surface area contributed by atoms with Gasteiger partial charge < -0.3 is 31.8 Å². The lowest BCUT2D eigenvalue weighted by atomic mass is 9.51. The van der Waals surface area contributed by atoms with Crippen molar-refractivity contribution >= 4 is 11.8 Å². The molecule has 1 unspecified atom stereocenters. The minimum Gasteiger partial charge on any atom is -0.507 e. The second-order valence-electron chi connectivity index (χ2n) is 10.0. The number of carbonyl (C=O) groups excluding carboxylic acids is 2. The molecule has 2 heterocycles. The number of aromatic amines is 1. The van der Waals surface area contributed by atoms with Gasteiger partial charge in [-0.15, -0.1) is 0 Å². The topological polar surface area (TPSA) is 150 Å². The highest BCUT2D eigenvalue weighted by molar-refractivity contribution is 5.96. The van der Waals surface area contributed by atoms with Gasteiger partial charge in [0, 0.05) is 41.4 Å². The van der Waals surface area contributed by atoms with Gasteiger partial charge in [-0.25, -0.2) is 4.98 Å². The number of fused-ring (bicyclic) bond motifs is 1. The number of primary amides is 2. The van der Waals surface area contributed by atoms with Crippen LogP contribution in [0.3, 0.4) is 0 Å². The first-order valence-corrected chi connectivity index (χ1v) is 11.7. The number of rotatable bonds is 6. The maximum atomic E-state index is 12.2. The molecule has 5 atom stereocenters. The molecule has 1 aliphatic heterocycles. The Morgan fingerprint density at radius 1 is 1.36 bits per heavy atom. The van der Waals surface area contributed by atoms with Crippen LogP contribution in [0.1, 0.15) is 52.9 Å². The largest absolute Gasteiger partial charge is 0.507 e. The monoisotopic (exact) mass is 452 g/mol. The number of likely N-dealkylation sites (N-methyl/N-ethyl adjacent to an activating group) is 1. The van der Waals surface area contributed by atoms with Gasteiger partial charge in [0.1, 0.15) is 5.75 Å². The molecule has 33 heavy (non-hydrogen) atoms. The molecule has 2 bridgehead atoms. The number of hydrogen-bond acceptors (Lipinski definition) is 6. The van der Waals surface area contributed by atoms with Crippen LogP contribution in [0.15, 0.2) is 24.7 Å². The van der Waals surface area contributed by atoms with E-state index >= 15 is 0 Å². The molecule has 2 aliphatic carbocycles. The second kappa shape index (κ2) is 8.14. The summed E-state index contributed by atoms with van der Waals surface area (Å²) in [6.07, 6.45) is 8.15. The average Bonchev–Trinajstić information content (AvgIpc) is 3.28. The first-order chi connectivity index (χ1) is 15.8. The Hall–Kier alpha value is -2.91. The number of H-pyrrole nitrogens is 1. The lowest BCUT2D eigenvalue weighted by Gasteiger charge is -2.60. The zero-order chi connectivity index (χ0) is 23.3. The van der Waals surface area contributed by atoms with Gasteiger partial charge in [-0.1, -0.05) is 6.07 Å². The molecule has 176 valence electrons. The minimum atomic E-state index is -0.614. The van der Waals surface area contributed by atoms with E-state index in [0.717, 1.165) is 55.5 Å². The normalized spacial score (nSPS) is 29.7. The second-order valence-corrected chi connectivity index (χ2v) is 10.0. The molecule has 5 rings (SSSR count). The molecule has 0 radical (unpaired) electrons. The lowest BCUT2D eigenvalue weighted by molar-refractivity contribution is -0.120. The standard InChI is InChI=1S/C24H32N6O3/c1-30-7-6-24-10-14(29-18(23(26)33)9-15-11-27-12-28-15)3-5-17(24)19(30)8-13-2-4-16(22(25)32)21(31)20(13)24/h2,4,11-12,14,17-19,29,31H,3,5-10H2,1H3,(H2,25,32)(H2,26,33)(H,27,28)/t14-,17+,18?,19-,24+/m1/s1. The SMILES string of the molecule is CN1CC[C@]23C[C@H](NC(Cc4cnc[nH]4)C(N)=O)CC[C@H]2[C@H]1Cc1ccc(C(N)=O)c(O)c13. The van der Waals surface area contributed by atoms with E-state index in [9.17, 15) is 14.7 Å². The van der Waals surface area contributed by atoms with E-state index in [2.05, 4.69) is 27.2 Å². The van der Waals surface area contributed by atoms with Gasteiger partial charge in [0.05, 0.1) is 17.9 Å². The highest BCUT2D eigenvalue weighted by Gasteiger charge is 2.56. The van der Waals surface area contributed by atoms with Gasteiger partial charge >= 0.3 is 0 Å². The van der Waals surface area contributed by atoms with Crippen molar-refractivity contribution in [1.29, 1.82) is 0 Å². The Balaban J connectivity index is 1.50. The molecule has 1 aromatic carbocycles. The molecule has 1 saturated carbocycles. The first kappa shape index (κ1) is 21.9. The number of phenols is 1. The smallest absolute Gasteiger partial charge is 0.252 e. The molecular weight excluding hydrogens is 420 g/mol. The quantitative estimate of drug-likeness (QED) is 0.432. The van der Waals surface area contributed by atoms with Crippen LogP contribution in [0.5, 0.6) is 5.75 Å². The van der Waals surface area contributed by atoms with Crippen molar-refractivity contribution in [2.45, 2.75) is 62.1 Å². The molecule has 3 aliphatic rings. The van der Waals surface area contributed by atoms with E-state index in [1.165, 1.54) is 0 Å². The fraction of sp³-hybridized carbons (Fsp3) is 0.542. The molecular formula is C24H32N6O3. The fourth-order valence-electron chi connectivity index (χ4n) is 6.83. The highest BCUT2D eigenvalue weighted by Crippen LogP contribution is 2.58. The predicted molar refractivity (Wildman–Crippen MR) is 123 cm³/mol. The maximum Gasteiger partial charge on any atom is 0.252 e. The van der Waals surface area contributed by atoms with E-state index in [0.29, 0.717) is 18.4 Å². The van der Waals surface area contributed by atoms with Crippen LogP contribution < -0.4 is 16.8 Å². The fourth-order valence-corrected chi connectivity index (χ4v) is 6.83. The Kier molecular flexibility index (Phi) is 5.41. The number of hydrogen-bond donors (Lipinski definition) is 5. The Bertz CT molecular complexity index is 1070. The van der Waals surface area contributed by atoms with Gasteiger partial charge in [0.2, 0.25) is 5.91 Å². The summed E-state index contributed by atoms with van der Waals surface area (Å²) < 4.78 is 0. The Labute approximate surface area is 192 Å². The predicted octanol–water partition coefficient (Wildman–Crippen LogP) is 0.567. The van der Waals surface area contributed by atoms with Crippen molar-refractivity contribution < 1.29 is 14.7 Å². The summed E-state index contributed by atoms with van der Waals surface area (Å²) in [5.74, 6) is -0.599. The van der Waals surface area contributed by atoms with Gasteiger partial charge in [-0.3, -0.25) is 9.59 Å². The highest BCUT2D eigenvalue weighted by atomic mass is 16.3. The third-order valence-electron chi connectivity index (χ3n) is 8.30. The zero-order valence-electron chi connectivity index (χ0n) is 18.9. The summed E-state index contributed by atoms with van der Waals surface area (Å²) in [7, 11) is 2.18. The summed E-state index contributed by atoms with van der Waals surface area (Å²) in [5.41, 5.74) is 14.1. The van der Waals surface area contributed by atoms with Crippen LogP contribution >= 0.6 is 0 Å². The molecule has 1 saturated heterocycles. The number of benzene rings is 1. The molecule has 9 heteroatoms. The third kappa shape index (κ3) is 3.59. The van der Waals surface area contributed by atoms with Gasteiger partial charge in [0.25, 0.3) is 5.91 Å². The number of nitrogens with zero attached hydrogens (tertiary/aromatic N) is 2. The van der Waals surface area contributed by atoms with E-state index in [1.54, 1.807) is 18.6 Å². The Morgan fingerprint density at radius 3 is 2.88 bits per heavy atom.